The van der Waals surface area contributed by atoms with Crippen LogP contribution in [0, 0.1) is 0 Å². The molecule has 1 aromatic rings. The summed E-state index contributed by atoms with van der Waals surface area (Å²) in [7, 11) is 1.57. The molecule has 96 valence electrons. The molecule has 0 aliphatic carbocycles. The molecule has 6 heteroatoms. The fraction of sp³-hybridized carbons (Fsp3) is 0.333. The monoisotopic (exact) mass is 265 g/mol. The number of hydrogen-bond acceptors (Lipinski definition) is 4. The van der Waals surface area contributed by atoms with Crippen LogP contribution >= 0.6 is 11.8 Å². The smallest absolute Gasteiger partial charge is 0.253 e. The summed E-state index contributed by atoms with van der Waals surface area (Å²) in [5.41, 5.74) is 1.01. The van der Waals surface area contributed by atoms with Crippen molar-refractivity contribution in [3.8, 4) is 0 Å². The normalized spacial score (nSPS) is 18.4. The number of hydrogen-bond donors (Lipinski definition) is 3. The Morgan fingerprint density at radius 1 is 1.39 bits per heavy atom. The van der Waals surface area contributed by atoms with Crippen molar-refractivity contribution in [1.29, 1.82) is 0 Å². The van der Waals surface area contributed by atoms with Crippen molar-refractivity contribution in [3.05, 3.63) is 29.8 Å². The highest BCUT2D eigenvalue weighted by molar-refractivity contribution is 7.99. The van der Waals surface area contributed by atoms with Crippen LogP contribution in [0.25, 0.3) is 0 Å². The molecule has 1 aliphatic heterocycles. The van der Waals surface area contributed by atoms with Crippen LogP contribution in [0.4, 0.5) is 5.69 Å². The molecule has 1 aromatic carbocycles. The fourth-order valence-corrected chi connectivity index (χ4v) is 2.65. The van der Waals surface area contributed by atoms with Crippen molar-refractivity contribution in [1.82, 2.24) is 10.6 Å². The molecule has 18 heavy (non-hydrogen) atoms. The average Bonchev–Trinajstić information content (AvgIpc) is 2.92. The van der Waals surface area contributed by atoms with Gasteiger partial charge in [0.2, 0.25) is 5.91 Å². The standard InChI is InChI=1S/C12H15N3O2S/c1-13-11(16)8-4-2-3-5-9(8)15-12(17)10-6-18-7-14-10/h2-5,10,14H,6-7H2,1H3,(H,13,16)(H,15,17). The van der Waals surface area contributed by atoms with Gasteiger partial charge in [-0.2, -0.15) is 0 Å². The maximum Gasteiger partial charge on any atom is 0.253 e. The van der Waals surface area contributed by atoms with Crippen molar-refractivity contribution in [3.63, 3.8) is 0 Å². The Hall–Kier alpha value is -1.53. The third-order valence-electron chi connectivity index (χ3n) is 2.69. The summed E-state index contributed by atoms with van der Waals surface area (Å²) >= 11 is 1.68. The summed E-state index contributed by atoms with van der Waals surface area (Å²) in [5, 5.41) is 8.44. The van der Waals surface area contributed by atoms with E-state index in [0.29, 0.717) is 11.3 Å². The minimum absolute atomic E-state index is 0.101. The van der Waals surface area contributed by atoms with Crippen molar-refractivity contribution < 1.29 is 9.59 Å². The fourth-order valence-electron chi connectivity index (χ4n) is 1.71. The first-order valence-corrected chi connectivity index (χ1v) is 6.81. The Bertz CT molecular complexity index is 458. The molecule has 1 heterocycles. The molecule has 2 rings (SSSR count). The van der Waals surface area contributed by atoms with Gasteiger partial charge in [-0.3, -0.25) is 14.9 Å². The van der Waals surface area contributed by atoms with Crippen LogP contribution in [0.15, 0.2) is 24.3 Å². The number of carbonyl (C=O) groups excluding carboxylic acids is 2. The van der Waals surface area contributed by atoms with Crippen LogP contribution in [-0.4, -0.2) is 36.5 Å². The number of benzene rings is 1. The second-order valence-corrected chi connectivity index (χ2v) is 4.92. The highest BCUT2D eigenvalue weighted by Crippen LogP contribution is 2.17. The number of anilines is 1. The first-order chi connectivity index (χ1) is 8.72. The molecule has 0 aromatic heterocycles. The lowest BCUT2D eigenvalue weighted by atomic mass is 10.1. The molecule has 3 N–H and O–H groups in total. The van der Waals surface area contributed by atoms with Gasteiger partial charge in [0.1, 0.15) is 0 Å². The van der Waals surface area contributed by atoms with Crippen LogP contribution < -0.4 is 16.0 Å². The number of nitrogens with one attached hydrogen (secondary N) is 3. The molecule has 5 nitrogen and oxygen atoms in total. The topological polar surface area (TPSA) is 70.2 Å². The summed E-state index contributed by atoms with van der Waals surface area (Å²) in [6.45, 7) is 0. The number of amides is 2. The minimum atomic E-state index is -0.209. The van der Waals surface area contributed by atoms with E-state index in [4.69, 9.17) is 0 Å². The molecule has 1 unspecified atom stereocenters. The van der Waals surface area contributed by atoms with Crippen LogP contribution in [-0.2, 0) is 4.79 Å². The Balaban J connectivity index is 2.13. The second-order valence-electron chi connectivity index (χ2n) is 3.89. The van der Waals surface area contributed by atoms with Gasteiger partial charge in [0.05, 0.1) is 17.3 Å². The molecule has 1 saturated heterocycles. The molecule has 0 saturated carbocycles. The first kappa shape index (κ1) is 12.9. The predicted octanol–water partition coefficient (Wildman–Crippen LogP) is 0.647. The third kappa shape index (κ3) is 2.83. The van der Waals surface area contributed by atoms with Gasteiger partial charge in [-0.05, 0) is 12.1 Å². The van der Waals surface area contributed by atoms with Crippen molar-refractivity contribution in [2.45, 2.75) is 6.04 Å². The zero-order valence-electron chi connectivity index (χ0n) is 10.0. The molecule has 0 radical (unpaired) electrons. The van der Waals surface area contributed by atoms with Crippen molar-refractivity contribution >= 4 is 29.3 Å². The molecule has 1 fully saturated rings. The maximum atomic E-state index is 12.0. The Kier molecular flexibility index (Phi) is 4.22. The third-order valence-corrected chi connectivity index (χ3v) is 3.63. The summed E-state index contributed by atoms with van der Waals surface area (Å²) in [4.78, 5) is 23.6. The number of thioether (sulfide) groups is 1. The van der Waals surface area contributed by atoms with E-state index in [0.717, 1.165) is 11.6 Å². The van der Waals surface area contributed by atoms with E-state index >= 15 is 0 Å². The molecule has 0 bridgehead atoms. The Morgan fingerprint density at radius 3 is 2.83 bits per heavy atom. The van der Waals surface area contributed by atoms with Gasteiger partial charge in [0.15, 0.2) is 0 Å². The van der Waals surface area contributed by atoms with Gasteiger partial charge < -0.3 is 10.6 Å². The number of para-hydroxylation sites is 1. The summed E-state index contributed by atoms with van der Waals surface area (Å²) in [6.07, 6.45) is 0. The predicted molar refractivity (Wildman–Crippen MR) is 72.7 cm³/mol. The van der Waals surface area contributed by atoms with Crippen LogP contribution in [0.3, 0.4) is 0 Å². The van der Waals surface area contributed by atoms with Crippen molar-refractivity contribution in [2.75, 3.05) is 24.0 Å². The van der Waals surface area contributed by atoms with Gasteiger partial charge in [-0.15, -0.1) is 11.8 Å². The SMILES string of the molecule is CNC(=O)c1ccccc1NC(=O)C1CSCN1. The Morgan fingerprint density at radius 2 is 2.17 bits per heavy atom. The lowest BCUT2D eigenvalue weighted by Crippen LogP contribution is -2.38. The lowest BCUT2D eigenvalue weighted by Gasteiger charge is -2.13. The molecule has 1 aliphatic rings. The number of rotatable bonds is 3. The van der Waals surface area contributed by atoms with E-state index in [2.05, 4.69) is 16.0 Å². The van der Waals surface area contributed by atoms with Gasteiger partial charge in [-0.1, -0.05) is 12.1 Å². The highest BCUT2D eigenvalue weighted by atomic mass is 32.2. The maximum absolute atomic E-state index is 12.0. The van der Waals surface area contributed by atoms with Gasteiger partial charge in [0, 0.05) is 18.7 Å². The molecular weight excluding hydrogens is 250 g/mol. The Labute approximate surface area is 110 Å². The van der Waals surface area contributed by atoms with E-state index in [1.165, 1.54) is 0 Å². The molecular formula is C12H15N3O2S. The summed E-state index contributed by atoms with van der Waals surface area (Å²) < 4.78 is 0. The highest BCUT2D eigenvalue weighted by Gasteiger charge is 2.23. The van der Waals surface area contributed by atoms with Crippen LogP contribution in [0.5, 0.6) is 0 Å². The van der Waals surface area contributed by atoms with E-state index in [-0.39, 0.29) is 17.9 Å². The molecule has 0 spiro atoms. The first-order valence-electron chi connectivity index (χ1n) is 5.65. The van der Waals surface area contributed by atoms with E-state index in [1.807, 2.05) is 0 Å². The summed E-state index contributed by atoms with van der Waals surface area (Å²) in [6, 6.07) is 6.78. The van der Waals surface area contributed by atoms with Crippen LogP contribution in [0.2, 0.25) is 0 Å². The quantitative estimate of drug-likeness (QED) is 0.750. The van der Waals surface area contributed by atoms with Crippen LogP contribution in [0.1, 0.15) is 10.4 Å². The second kappa shape index (κ2) is 5.88. The number of carbonyl (C=O) groups is 2. The van der Waals surface area contributed by atoms with E-state index in [1.54, 1.807) is 43.1 Å². The average molecular weight is 265 g/mol. The lowest BCUT2D eigenvalue weighted by molar-refractivity contribution is -0.117. The van der Waals surface area contributed by atoms with Crippen molar-refractivity contribution in [2.24, 2.45) is 0 Å². The zero-order valence-corrected chi connectivity index (χ0v) is 10.8. The van der Waals surface area contributed by atoms with E-state index < -0.39 is 0 Å². The minimum Gasteiger partial charge on any atom is -0.355 e. The largest absolute Gasteiger partial charge is 0.355 e. The summed E-state index contributed by atoms with van der Waals surface area (Å²) in [5.74, 6) is 1.24. The van der Waals surface area contributed by atoms with Gasteiger partial charge >= 0.3 is 0 Å². The zero-order chi connectivity index (χ0) is 13.0. The van der Waals surface area contributed by atoms with Gasteiger partial charge in [0.25, 0.3) is 5.91 Å². The molecule has 2 amide bonds. The van der Waals surface area contributed by atoms with E-state index in [9.17, 15) is 9.59 Å². The van der Waals surface area contributed by atoms with Gasteiger partial charge in [-0.25, -0.2) is 0 Å². The molecule has 1 atom stereocenters.